The number of aromatic carboxylic acids is 1. The zero-order valence-electron chi connectivity index (χ0n) is 18.2. The number of phenolic OH excluding ortho intramolecular Hbond substituents is 4. The highest BCUT2D eigenvalue weighted by Gasteiger charge is 2.07. The molecule has 0 aliphatic heterocycles. The number of benzene rings is 3. The molecule has 3 aromatic carbocycles. The number of phenols is 4. The molecule has 0 heterocycles. The van der Waals surface area contributed by atoms with Gasteiger partial charge in [0.25, 0.3) is 0 Å². The van der Waals surface area contributed by atoms with Crippen LogP contribution in [0.25, 0.3) is 0 Å². The van der Waals surface area contributed by atoms with Gasteiger partial charge in [0.05, 0.1) is 33.5 Å². The number of carbonyl (C=O) groups is 1. The third-order valence-electron chi connectivity index (χ3n) is 4.02. The number of ether oxygens (including phenoxy) is 3. The van der Waals surface area contributed by atoms with Crippen LogP contribution in [0, 0.1) is 0 Å². The minimum Gasteiger partial charge on any atom is -0.508 e. The van der Waals surface area contributed by atoms with E-state index in [4.69, 9.17) is 44.8 Å². The standard InChI is InChI=1S/C8H8O4.C8H10O3.C7H8O3/c1-12-7-4-5(8(10)11)2-3-6(7)9;1-11-8-4-6(5-9)2-3-7(8)10;1-10-7-4-5(8)2-3-6(7)9/h2-4,9H,1H3,(H,10,11);2-4,9-10H,5H2,1H3;2-4,8-9H,1H3. The number of aliphatic hydroxyl groups is 1. The van der Waals surface area contributed by atoms with Gasteiger partial charge in [0, 0.05) is 6.07 Å². The van der Waals surface area contributed by atoms with Gasteiger partial charge in [-0.15, -0.1) is 0 Å². The van der Waals surface area contributed by atoms with Crippen LogP contribution in [0.2, 0.25) is 0 Å². The zero-order chi connectivity index (χ0) is 25.0. The van der Waals surface area contributed by atoms with Crippen LogP contribution in [0.5, 0.6) is 40.2 Å². The minimum atomic E-state index is -1.05. The Kier molecular flexibility index (Phi) is 10.7. The average molecular weight is 462 g/mol. The number of hydrogen-bond donors (Lipinski definition) is 6. The van der Waals surface area contributed by atoms with Crippen LogP contribution in [-0.2, 0) is 6.61 Å². The van der Waals surface area contributed by atoms with E-state index in [1.165, 1.54) is 63.8 Å². The summed E-state index contributed by atoms with van der Waals surface area (Å²) in [5.41, 5.74) is 0.810. The lowest BCUT2D eigenvalue weighted by atomic mass is 10.2. The minimum absolute atomic E-state index is 0.0281. The molecule has 3 aromatic rings. The Balaban J connectivity index is 0.000000249. The molecule has 0 fully saturated rings. The molecule has 0 unspecified atom stereocenters. The van der Waals surface area contributed by atoms with Crippen LogP contribution in [-0.4, -0.2) is 57.9 Å². The van der Waals surface area contributed by atoms with Gasteiger partial charge in [0.2, 0.25) is 0 Å². The second-order valence-corrected chi connectivity index (χ2v) is 6.21. The fraction of sp³-hybridized carbons (Fsp3) is 0.174. The van der Waals surface area contributed by atoms with Gasteiger partial charge >= 0.3 is 5.97 Å². The highest BCUT2D eigenvalue weighted by atomic mass is 16.5. The largest absolute Gasteiger partial charge is 0.508 e. The molecule has 10 heteroatoms. The van der Waals surface area contributed by atoms with Crippen molar-refractivity contribution in [3.8, 4) is 40.2 Å². The Morgan fingerprint density at radius 1 is 0.697 bits per heavy atom. The van der Waals surface area contributed by atoms with E-state index in [2.05, 4.69) is 0 Å². The van der Waals surface area contributed by atoms with Crippen LogP contribution in [0.4, 0.5) is 0 Å². The molecule has 10 nitrogen and oxygen atoms in total. The fourth-order valence-corrected chi connectivity index (χ4v) is 2.30. The topological polar surface area (TPSA) is 166 Å². The van der Waals surface area contributed by atoms with Gasteiger partial charge in [-0.3, -0.25) is 0 Å². The first-order chi connectivity index (χ1) is 15.7. The molecule has 0 aromatic heterocycles. The number of aromatic hydroxyl groups is 4. The molecular formula is C23H26O10. The SMILES string of the molecule is COc1cc(C(=O)O)ccc1O.COc1cc(CO)ccc1O.COc1cc(O)ccc1O. The van der Waals surface area contributed by atoms with Crippen molar-refractivity contribution in [1.29, 1.82) is 0 Å². The fourth-order valence-electron chi connectivity index (χ4n) is 2.30. The Labute approximate surface area is 190 Å². The van der Waals surface area contributed by atoms with E-state index in [-0.39, 0.29) is 46.7 Å². The number of rotatable bonds is 5. The molecule has 6 N–H and O–H groups in total. The third-order valence-corrected chi connectivity index (χ3v) is 4.02. The molecule has 0 saturated heterocycles. The summed E-state index contributed by atoms with van der Waals surface area (Å²) < 4.78 is 14.3. The van der Waals surface area contributed by atoms with Gasteiger partial charge in [0.1, 0.15) is 5.75 Å². The van der Waals surface area contributed by atoms with E-state index in [1.54, 1.807) is 12.1 Å². The van der Waals surface area contributed by atoms with E-state index in [0.717, 1.165) is 5.56 Å². The number of aliphatic hydroxyl groups excluding tert-OH is 1. The van der Waals surface area contributed by atoms with Gasteiger partial charge in [-0.25, -0.2) is 4.79 Å². The van der Waals surface area contributed by atoms with Crippen molar-refractivity contribution in [3.63, 3.8) is 0 Å². The van der Waals surface area contributed by atoms with E-state index < -0.39 is 5.97 Å². The summed E-state index contributed by atoms with van der Waals surface area (Å²) in [7, 11) is 4.26. The smallest absolute Gasteiger partial charge is 0.335 e. The molecule has 0 radical (unpaired) electrons. The lowest BCUT2D eigenvalue weighted by molar-refractivity contribution is 0.0696. The summed E-state index contributed by atoms with van der Waals surface area (Å²) in [5, 5.41) is 53.4. The highest BCUT2D eigenvalue weighted by molar-refractivity contribution is 5.88. The zero-order valence-corrected chi connectivity index (χ0v) is 18.2. The predicted molar refractivity (Wildman–Crippen MR) is 119 cm³/mol. The van der Waals surface area contributed by atoms with Crippen molar-refractivity contribution in [3.05, 3.63) is 65.7 Å². The second kappa shape index (κ2) is 13.2. The van der Waals surface area contributed by atoms with E-state index in [0.29, 0.717) is 5.75 Å². The summed E-state index contributed by atoms with van der Waals surface area (Å²) in [6, 6.07) is 12.7. The van der Waals surface area contributed by atoms with Crippen LogP contribution in [0.3, 0.4) is 0 Å². The van der Waals surface area contributed by atoms with Crippen molar-refractivity contribution >= 4 is 5.97 Å². The molecular weight excluding hydrogens is 436 g/mol. The Bertz CT molecular complexity index is 1050. The van der Waals surface area contributed by atoms with Gasteiger partial charge in [0.15, 0.2) is 34.5 Å². The first-order valence-electron chi connectivity index (χ1n) is 9.29. The number of methoxy groups -OCH3 is 3. The predicted octanol–water partition coefficient (Wildman–Crippen LogP) is 3.10. The first-order valence-corrected chi connectivity index (χ1v) is 9.29. The molecule has 178 valence electrons. The molecule has 0 atom stereocenters. The van der Waals surface area contributed by atoms with Gasteiger partial charge in [-0.2, -0.15) is 0 Å². The Morgan fingerprint density at radius 3 is 1.61 bits per heavy atom. The van der Waals surface area contributed by atoms with Gasteiger partial charge in [-0.1, -0.05) is 6.07 Å². The van der Waals surface area contributed by atoms with Crippen LogP contribution in [0.1, 0.15) is 15.9 Å². The second-order valence-electron chi connectivity index (χ2n) is 6.21. The molecule has 0 aliphatic rings. The summed E-state index contributed by atoms with van der Waals surface area (Å²) in [6.07, 6.45) is 0. The van der Waals surface area contributed by atoms with Crippen molar-refractivity contribution in [2.45, 2.75) is 6.61 Å². The third kappa shape index (κ3) is 8.38. The average Bonchev–Trinajstić information content (AvgIpc) is 2.82. The number of hydrogen-bond acceptors (Lipinski definition) is 9. The Morgan fingerprint density at radius 2 is 1.15 bits per heavy atom. The highest BCUT2D eigenvalue weighted by Crippen LogP contribution is 2.29. The Hall–Kier alpha value is -4.31. The van der Waals surface area contributed by atoms with Crippen molar-refractivity contribution < 1.29 is 49.6 Å². The summed E-state index contributed by atoms with van der Waals surface area (Å²) in [6.45, 7) is -0.0450. The molecule has 33 heavy (non-hydrogen) atoms. The monoisotopic (exact) mass is 462 g/mol. The molecule has 0 amide bonds. The van der Waals surface area contributed by atoms with Crippen molar-refractivity contribution in [2.24, 2.45) is 0 Å². The first kappa shape index (κ1) is 26.7. The van der Waals surface area contributed by atoms with Crippen LogP contribution in [0.15, 0.2) is 54.6 Å². The van der Waals surface area contributed by atoms with Crippen LogP contribution >= 0.6 is 0 Å². The quantitative estimate of drug-likeness (QED) is 0.310. The molecule has 0 aliphatic carbocycles. The summed E-state index contributed by atoms with van der Waals surface area (Å²) >= 11 is 0. The van der Waals surface area contributed by atoms with Gasteiger partial charge < -0.3 is 44.8 Å². The molecule has 0 saturated carbocycles. The normalized spacial score (nSPS) is 9.45. The molecule has 0 bridgehead atoms. The van der Waals surface area contributed by atoms with Crippen molar-refractivity contribution in [1.82, 2.24) is 0 Å². The number of carboxylic acids is 1. The van der Waals surface area contributed by atoms with E-state index >= 15 is 0 Å². The molecule has 3 rings (SSSR count). The van der Waals surface area contributed by atoms with E-state index in [9.17, 15) is 4.79 Å². The van der Waals surface area contributed by atoms with Crippen molar-refractivity contribution in [2.75, 3.05) is 21.3 Å². The van der Waals surface area contributed by atoms with Gasteiger partial charge in [-0.05, 0) is 48.0 Å². The summed E-state index contributed by atoms with van der Waals surface area (Å²) in [5.74, 6) is -0.0955. The van der Waals surface area contributed by atoms with E-state index in [1.807, 2.05) is 0 Å². The maximum Gasteiger partial charge on any atom is 0.335 e. The molecule has 0 spiro atoms. The maximum absolute atomic E-state index is 10.4. The van der Waals surface area contributed by atoms with Crippen LogP contribution < -0.4 is 14.2 Å². The lowest BCUT2D eigenvalue weighted by Gasteiger charge is -2.03. The number of carboxylic acid groups (broad SMARTS) is 1. The summed E-state index contributed by atoms with van der Waals surface area (Å²) in [4.78, 5) is 10.4. The lowest BCUT2D eigenvalue weighted by Crippen LogP contribution is -1.96. The maximum atomic E-state index is 10.4.